The molecule has 0 amide bonds. The van der Waals surface area contributed by atoms with Gasteiger partial charge in [0.1, 0.15) is 0 Å². The van der Waals surface area contributed by atoms with Crippen LogP contribution in [0.5, 0.6) is 0 Å². The zero-order chi connectivity index (χ0) is 15.7. The minimum absolute atomic E-state index is 0.207. The number of hydrogen-bond acceptors (Lipinski definition) is 5. The minimum Gasteiger partial charge on any atom is -0.369 e. The van der Waals surface area contributed by atoms with Crippen LogP contribution in [0.25, 0.3) is 0 Å². The quantitative estimate of drug-likeness (QED) is 0.748. The number of nitrogens with one attached hydrogen (secondary N) is 1. The van der Waals surface area contributed by atoms with E-state index in [2.05, 4.69) is 27.4 Å². The molecule has 1 fully saturated rings. The molecule has 1 saturated heterocycles. The molecular weight excluding hydrogens is 286 g/mol. The molecule has 0 radical (unpaired) electrons. The highest BCUT2D eigenvalue weighted by Crippen LogP contribution is 2.45. The molecule has 3 aliphatic heterocycles. The maximum atomic E-state index is 9.00. The summed E-state index contributed by atoms with van der Waals surface area (Å²) in [5.74, 6) is 0. The second-order valence-corrected chi connectivity index (χ2v) is 6.28. The van der Waals surface area contributed by atoms with E-state index in [1.165, 1.54) is 11.3 Å². The SMILES string of the molecule is N#CC=C1C=CC2=NC=CC(N3CCNCC3)=C3C=NCC23C1. The van der Waals surface area contributed by atoms with Crippen LogP contribution in [0.2, 0.25) is 0 Å². The van der Waals surface area contributed by atoms with Crippen molar-refractivity contribution < 1.29 is 0 Å². The van der Waals surface area contributed by atoms with E-state index >= 15 is 0 Å². The summed E-state index contributed by atoms with van der Waals surface area (Å²) < 4.78 is 0. The van der Waals surface area contributed by atoms with Gasteiger partial charge in [0.2, 0.25) is 0 Å². The Balaban J connectivity index is 1.82. The van der Waals surface area contributed by atoms with E-state index in [1.54, 1.807) is 6.08 Å². The molecule has 0 aromatic carbocycles. The fourth-order valence-electron chi connectivity index (χ4n) is 3.83. The van der Waals surface area contributed by atoms with Crippen LogP contribution in [0.1, 0.15) is 6.42 Å². The fourth-order valence-corrected chi connectivity index (χ4v) is 3.83. The molecule has 23 heavy (non-hydrogen) atoms. The first-order valence-electron chi connectivity index (χ1n) is 8.05. The van der Waals surface area contributed by atoms with Gasteiger partial charge in [-0.05, 0) is 24.1 Å². The molecule has 1 spiro atoms. The van der Waals surface area contributed by atoms with E-state index in [0.29, 0.717) is 6.54 Å². The van der Waals surface area contributed by atoms with Gasteiger partial charge in [0.15, 0.2) is 0 Å². The van der Waals surface area contributed by atoms with Gasteiger partial charge in [-0.2, -0.15) is 5.26 Å². The van der Waals surface area contributed by atoms with E-state index in [-0.39, 0.29) is 5.41 Å². The summed E-state index contributed by atoms with van der Waals surface area (Å²) >= 11 is 0. The first-order chi connectivity index (χ1) is 11.3. The molecule has 1 unspecified atom stereocenters. The minimum atomic E-state index is -0.207. The van der Waals surface area contributed by atoms with Gasteiger partial charge < -0.3 is 10.2 Å². The largest absolute Gasteiger partial charge is 0.369 e. The number of piperazine rings is 1. The lowest BCUT2D eigenvalue weighted by atomic mass is 9.69. The van der Waals surface area contributed by atoms with E-state index in [9.17, 15) is 0 Å². The summed E-state index contributed by atoms with van der Waals surface area (Å²) in [4.78, 5) is 11.7. The molecule has 0 aromatic rings. The molecule has 4 aliphatic rings. The van der Waals surface area contributed by atoms with Gasteiger partial charge in [-0.1, -0.05) is 6.08 Å². The van der Waals surface area contributed by atoms with Crippen molar-refractivity contribution in [1.82, 2.24) is 10.2 Å². The Morgan fingerprint density at radius 1 is 1.26 bits per heavy atom. The molecule has 5 nitrogen and oxygen atoms in total. The standard InChI is InChI=1S/C18H19N5/c19-5-3-14-1-2-17-18(11-14)13-21-12-15(18)16(4-6-22-17)23-9-7-20-8-10-23/h1-4,6,12,20H,7-11,13H2. The molecule has 5 heteroatoms. The Morgan fingerprint density at radius 2 is 2.13 bits per heavy atom. The van der Waals surface area contributed by atoms with Crippen molar-refractivity contribution in [2.75, 3.05) is 32.7 Å². The normalized spacial score (nSPS) is 30.8. The van der Waals surface area contributed by atoms with Crippen molar-refractivity contribution in [3.05, 3.63) is 47.3 Å². The van der Waals surface area contributed by atoms with E-state index in [0.717, 1.165) is 43.9 Å². The van der Waals surface area contributed by atoms with Crippen LogP contribution in [-0.4, -0.2) is 49.5 Å². The van der Waals surface area contributed by atoms with Crippen LogP contribution in [-0.2, 0) is 0 Å². The summed E-state index contributed by atoms with van der Waals surface area (Å²) in [6.45, 7) is 4.72. The van der Waals surface area contributed by atoms with Gasteiger partial charge in [-0.15, -0.1) is 0 Å². The maximum absolute atomic E-state index is 9.00. The smallest absolute Gasteiger partial charge is 0.0914 e. The number of aliphatic imine (C=N–C) groups is 2. The molecule has 116 valence electrons. The Labute approximate surface area is 136 Å². The molecule has 1 atom stereocenters. The molecule has 1 aliphatic carbocycles. The predicted molar refractivity (Wildman–Crippen MR) is 91.3 cm³/mol. The Kier molecular flexibility index (Phi) is 3.47. The summed E-state index contributed by atoms with van der Waals surface area (Å²) in [6, 6.07) is 2.16. The third-order valence-electron chi connectivity index (χ3n) is 4.98. The lowest BCUT2D eigenvalue weighted by Gasteiger charge is -2.37. The average Bonchev–Trinajstić information content (AvgIpc) is 2.91. The van der Waals surface area contributed by atoms with Gasteiger partial charge in [0.05, 0.1) is 23.7 Å². The van der Waals surface area contributed by atoms with Crippen LogP contribution in [0, 0.1) is 16.7 Å². The lowest BCUT2D eigenvalue weighted by Crippen LogP contribution is -2.44. The van der Waals surface area contributed by atoms with Crippen LogP contribution in [0.4, 0.5) is 0 Å². The first-order valence-corrected chi connectivity index (χ1v) is 8.05. The summed E-state index contributed by atoms with van der Waals surface area (Å²) in [5, 5.41) is 12.4. The third-order valence-corrected chi connectivity index (χ3v) is 4.98. The van der Waals surface area contributed by atoms with Crippen molar-refractivity contribution in [3.63, 3.8) is 0 Å². The highest BCUT2D eigenvalue weighted by atomic mass is 15.2. The lowest BCUT2D eigenvalue weighted by molar-refractivity contribution is 0.302. The first kappa shape index (κ1) is 14.2. The highest BCUT2D eigenvalue weighted by Gasteiger charge is 2.45. The van der Waals surface area contributed by atoms with E-state index in [1.807, 2.05) is 24.6 Å². The monoisotopic (exact) mass is 305 g/mol. The van der Waals surface area contributed by atoms with Gasteiger partial charge >= 0.3 is 0 Å². The van der Waals surface area contributed by atoms with Gasteiger partial charge in [-0.3, -0.25) is 9.98 Å². The number of hydrogen-bond donors (Lipinski definition) is 1. The van der Waals surface area contributed by atoms with Crippen LogP contribution >= 0.6 is 0 Å². The Hall–Kier alpha value is -2.45. The number of nitriles is 1. The van der Waals surface area contributed by atoms with E-state index in [4.69, 9.17) is 10.3 Å². The van der Waals surface area contributed by atoms with Gasteiger partial charge in [0, 0.05) is 55.9 Å². The molecule has 1 N–H and O–H groups in total. The van der Waals surface area contributed by atoms with Crippen LogP contribution in [0.3, 0.4) is 0 Å². The third kappa shape index (κ3) is 2.27. The Bertz CT molecular complexity index is 738. The van der Waals surface area contributed by atoms with E-state index < -0.39 is 0 Å². The number of allylic oxidation sites excluding steroid dienone is 5. The van der Waals surface area contributed by atoms with Gasteiger partial charge in [-0.25, -0.2) is 0 Å². The predicted octanol–water partition coefficient (Wildman–Crippen LogP) is 1.59. The van der Waals surface area contributed by atoms with Crippen molar-refractivity contribution in [3.8, 4) is 6.07 Å². The van der Waals surface area contributed by atoms with Crippen molar-refractivity contribution >= 4 is 11.9 Å². The van der Waals surface area contributed by atoms with Crippen molar-refractivity contribution in [2.24, 2.45) is 15.4 Å². The molecule has 3 heterocycles. The van der Waals surface area contributed by atoms with Crippen molar-refractivity contribution in [1.29, 1.82) is 5.26 Å². The molecule has 4 rings (SSSR count). The zero-order valence-electron chi connectivity index (χ0n) is 13.0. The van der Waals surface area contributed by atoms with Crippen LogP contribution in [0.15, 0.2) is 57.3 Å². The van der Waals surface area contributed by atoms with Crippen molar-refractivity contribution in [2.45, 2.75) is 6.42 Å². The summed E-state index contributed by atoms with van der Waals surface area (Å²) in [5.41, 5.74) is 4.39. The molecule has 0 aromatic heterocycles. The topological polar surface area (TPSA) is 63.8 Å². The summed E-state index contributed by atoms with van der Waals surface area (Å²) in [7, 11) is 0. The number of rotatable bonds is 1. The number of nitrogens with zero attached hydrogens (tertiary/aromatic N) is 4. The summed E-state index contributed by atoms with van der Waals surface area (Å²) in [6.07, 6.45) is 12.5. The highest BCUT2D eigenvalue weighted by molar-refractivity contribution is 6.10. The molecule has 0 saturated carbocycles. The molecule has 0 bridgehead atoms. The van der Waals surface area contributed by atoms with Crippen LogP contribution < -0.4 is 5.32 Å². The Morgan fingerprint density at radius 3 is 2.96 bits per heavy atom. The fraction of sp³-hybridized carbons (Fsp3) is 0.389. The maximum Gasteiger partial charge on any atom is 0.0914 e. The second kappa shape index (κ2) is 5.64. The van der Waals surface area contributed by atoms with Gasteiger partial charge in [0.25, 0.3) is 0 Å². The second-order valence-electron chi connectivity index (χ2n) is 6.28. The average molecular weight is 305 g/mol. The molecular formula is C18H19N5. The zero-order valence-corrected chi connectivity index (χ0v) is 13.0.